The Hall–Kier alpha value is -6.97. The number of aromatic nitrogens is 2. The Morgan fingerprint density at radius 3 is 1.77 bits per heavy atom. The molecule has 0 atom stereocenters. The van der Waals surface area contributed by atoms with Crippen LogP contribution in [0, 0.1) is 0 Å². The molecule has 0 unspecified atom stereocenters. The van der Waals surface area contributed by atoms with Crippen molar-refractivity contribution in [3.05, 3.63) is 182 Å². The molecule has 0 amide bonds. The lowest BCUT2D eigenvalue weighted by atomic mass is 9.89. The topological polar surface area (TPSA) is 31.0 Å². The van der Waals surface area contributed by atoms with Crippen molar-refractivity contribution >= 4 is 65.4 Å². The standard InChI is InChI=1S/C49H30N2O/c1-2-14-31(15-3-1)46-47-38-22-4-8-24-41(38)50-49(40(47)30-45-48(46)39-23-7-11-27-44(39)52-45)34-18-12-16-32(28-34)33-17-13-19-35(29-33)51-42-25-9-5-20-36(42)37-21-6-10-26-43(37)51/h1-30H. The van der Waals surface area contributed by atoms with Crippen molar-refractivity contribution in [3.8, 4) is 39.2 Å². The summed E-state index contributed by atoms with van der Waals surface area (Å²) in [5, 5.41) is 8.15. The van der Waals surface area contributed by atoms with Gasteiger partial charge in [-0.3, -0.25) is 0 Å². The molecule has 11 rings (SSSR count). The molecule has 0 aliphatic heterocycles. The number of pyridine rings is 1. The third-order valence-electron chi connectivity index (χ3n) is 10.5. The molecule has 0 aliphatic carbocycles. The van der Waals surface area contributed by atoms with Gasteiger partial charge in [-0.2, -0.15) is 0 Å². The van der Waals surface area contributed by atoms with Crippen LogP contribution in [0.15, 0.2) is 186 Å². The molecule has 3 heteroatoms. The van der Waals surface area contributed by atoms with Crippen LogP contribution in [0.5, 0.6) is 0 Å². The molecule has 3 aromatic heterocycles. The number of para-hydroxylation sites is 4. The normalized spacial score (nSPS) is 11.8. The van der Waals surface area contributed by atoms with Crippen LogP contribution in [0.25, 0.3) is 105 Å². The lowest BCUT2D eigenvalue weighted by Crippen LogP contribution is -1.95. The van der Waals surface area contributed by atoms with Crippen LogP contribution in [0.1, 0.15) is 0 Å². The number of fused-ring (bicyclic) bond motifs is 9. The number of nitrogens with zero attached hydrogens (tertiary/aromatic N) is 2. The zero-order valence-corrected chi connectivity index (χ0v) is 28.1. The molecule has 3 nitrogen and oxygen atoms in total. The quantitative estimate of drug-likeness (QED) is 0.176. The van der Waals surface area contributed by atoms with Crippen molar-refractivity contribution < 1.29 is 4.42 Å². The van der Waals surface area contributed by atoms with E-state index >= 15 is 0 Å². The summed E-state index contributed by atoms with van der Waals surface area (Å²) in [6.07, 6.45) is 0. The summed E-state index contributed by atoms with van der Waals surface area (Å²) in [5.41, 5.74) is 12.9. The molecule has 0 aliphatic rings. The summed E-state index contributed by atoms with van der Waals surface area (Å²) in [5.74, 6) is 0. The van der Waals surface area contributed by atoms with E-state index in [1.54, 1.807) is 0 Å². The largest absolute Gasteiger partial charge is 0.456 e. The van der Waals surface area contributed by atoms with E-state index in [1.165, 1.54) is 32.8 Å². The third kappa shape index (κ3) is 4.30. The van der Waals surface area contributed by atoms with Gasteiger partial charge >= 0.3 is 0 Å². The van der Waals surface area contributed by atoms with Gasteiger partial charge < -0.3 is 8.98 Å². The third-order valence-corrected chi connectivity index (χ3v) is 10.5. The van der Waals surface area contributed by atoms with Crippen molar-refractivity contribution in [2.75, 3.05) is 0 Å². The van der Waals surface area contributed by atoms with Gasteiger partial charge in [0.2, 0.25) is 0 Å². The first kappa shape index (κ1) is 28.8. The first-order valence-electron chi connectivity index (χ1n) is 17.7. The van der Waals surface area contributed by atoms with Crippen LogP contribution >= 0.6 is 0 Å². The summed E-state index contributed by atoms with van der Waals surface area (Å²) in [7, 11) is 0. The van der Waals surface area contributed by atoms with E-state index in [-0.39, 0.29) is 0 Å². The highest BCUT2D eigenvalue weighted by Gasteiger charge is 2.22. The number of benzene rings is 8. The van der Waals surface area contributed by atoms with Gasteiger partial charge in [0, 0.05) is 54.5 Å². The molecule has 242 valence electrons. The number of rotatable bonds is 4. The summed E-state index contributed by atoms with van der Waals surface area (Å²) in [6, 6.07) is 64.8. The van der Waals surface area contributed by atoms with Gasteiger partial charge in [-0.05, 0) is 65.2 Å². The second-order valence-corrected chi connectivity index (χ2v) is 13.5. The summed E-state index contributed by atoms with van der Waals surface area (Å²) in [4.78, 5) is 5.38. The van der Waals surface area contributed by atoms with E-state index in [2.05, 4.69) is 180 Å². The second-order valence-electron chi connectivity index (χ2n) is 13.5. The molecule has 0 N–H and O–H groups in total. The summed E-state index contributed by atoms with van der Waals surface area (Å²) < 4.78 is 8.97. The molecule has 0 saturated heterocycles. The lowest BCUT2D eigenvalue weighted by Gasteiger charge is -2.16. The van der Waals surface area contributed by atoms with Gasteiger partial charge in [0.1, 0.15) is 11.2 Å². The van der Waals surface area contributed by atoms with Gasteiger partial charge in [0.15, 0.2) is 0 Å². The molecular weight excluding hydrogens is 633 g/mol. The minimum absolute atomic E-state index is 0.862. The zero-order chi connectivity index (χ0) is 34.2. The van der Waals surface area contributed by atoms with E-state index in [1.807, 2.05) is 6.07 Å². The predicted molar refractivity (Wildman–Crippen MR) is 217 cm³/mol. The Morgan fingerprint density at radius 2 is 0.981 bits per heavy atom. The zero-order valence-electron chi connectivity index (χ0n) is 28.1. The molecule has 0 saturated carbocycles. The predicted octanol–water partition coefficient (Wildman–Crippen LogP) is 13.4. The first-order valence-corrected chi connectivity index (χ1v) is 17.7. The van der Waals surface area contributed by atoms with Crippen LogP contribution in [0.2, 0.25) is 0 Å². The molecule has 0 bridgehead atoms. The molecule has 0 radical (unpaired) electrons. The van der Waals surface area contributed by atoms with E-state index in [0.29, 0.717) is 0 Å². The van der Waals surface area contributed by atoms with Crippen LogP contribution in [0.4, 0.5) is 0 Å². The maximum absolute atomic E-state index is 6.60. The molecule has 52 heavy (non-hydrogen) atoms. The Kier molecular flexibility index (Phi) is 6.25. The van der Waals surface area contributed by atoms with Crippen molar-refractivity contribution in [1.82, 2.24) is 9.55 Å². The highest BCUT2D eigenvalue weighted by atomic mass is 16.3. The smallest absolute Gasteiger partial charge is 0.136 e. The van der Waals surface area contributed by atoms with Crippen LogP contribution < -0.4 is 0 Å². The maximum atomic E-state index is 6.60. The number of hydrogen-bond acceptors (Lipinski definition) is 2. The van der Waals surface area contributed by atoms with E-state index in [4.69, 9.17) is 9.40 Å². The van der Waals surface area contributed by atoms with Crippen molar-refractivity contribution in [2.24, 2.45) is 0 Å². The average Bonchev–Trinajstić information content (AvgIpc) is 3.76. The number of hydrogen-bond donors (Lipinski definition) is 0. The molecule has 11 aromatic rings. The SMILES string of the molecule is c1ccc(-c2c3c(cc4c(-c5cccc(-c6cccc(-n7c8ccccc8c8ccccc87)c6)c5)nc5ccccc5c24)oc2ccccc23)cc1. The number of furan rings is 1. The van der Waals surface area contributed by atoms with Crippen molar-refractivity contribution in [1.29, 1.82) is 0 Å². The van der Waals surface area contributed by atoms with E-state index < -0.39 is 0 Å². The van der Waals surface area contributed by atoms with Gasteiger partial charge in [0.05, 0.1) is 22.2 Å². The lowest BCUT2D eigenvalue weighted by molar-refractivity contribution is 0.669. The summed E-state index contributed by atoms with van der Waals surface area (Å²) >= 11 is 0. The first-order chi connectivity index (χ1) is 25.8. The monoisotopic (exact) mass is 662 g/mol. The van der Waals surface area contributed by atoms with Crippen molar-refractivity contribution in [2.45, 2.75) is 0 Å². The van der Waals surface area contributed by atoms with Gasteiger partial charge in [-0.15, -0.1) is 0 Å². The Balaban J connectivity index is 1.16. The van der Waals surface area contributed by atoms with Crippen LogP contribution in [-0.4, -0.2) is 9.55 Å². The fourth-order valence-corrected chi connectivity index (χ4v) is 8.30. The molecule has 8 aromatic carbocycles. The van der Waals surface area contributed by atoms with Gasteiger partial charge in [-0.25, -0.2) is 4.98 Å². The van der Waals surface area contributed by atoms with Gasteiger partial charge in [-0.1, -0.05) is 133 Å². The van der Waals surface area contributed by atoms with Gasteiger partial charge in [0.25, 0.3) is 0 Å². The van der Waals surface area contributed by atoms with E-state index in [9.17, 15) is 0 Å². The Labute approximate surface area is 299 Å². The Bertz CT molecular complexity index is 3130. The van der Waals surface area contributed by atoms with E-state index in [0.717, 1.165) is 71.9 Å². The maximum Gasteiger partial charge on any atom is 0.136 e. The fraction of sp³-hybridized carbons (Fsp3) is 0. The van der Waals surface area contributed by atoms with Crippen LogP contribution in [0.3, 0.4) is 0 Å². The highest BCUT2D eigenvalue weighted by Crippen LogP contribution is 2.46. The molecule has 0 fully saturated rings. The Morgan fingerprint density at radius 1 is 0.385 bits per heavy atom. The van der Waals surface area contributed by atoms with Crippen molar-refractivity contribution in [3.63, 3.8) is 0 Å². The molecule has 3 heterocycles. The van der Waals surface area contributed by atoms with Crippen LogP contribution in [-0.2, 0) is 0 Å². The molecular formula is C49H30N2O. The fourth-order valence-electron chi connectivity index (χ4n) is 8.30. The average molecular weight is 663 g/mol. The minimum Gasteiger partial charge on any atom is -0.456 e. The highest BCUT2D eigenvalue weighted by molar-refractivity contribution is 6.27. The molecule has 0 spiro atoms. The minimum atomic E-state index is 0.862. The second kappa shape index (κ2) is 11.3. The summed E-state index contributed by atoms with van der Waals surface area (Å²) in [6.45, 7) is 0.